The highest BCUT2D eigenvalue weighted by molar-refractivity contribution is 7.11. The zero-order chi connectivity index (χ0) is 21.4. The Morgan fingerprint density at radius 1 is 1.06 bits per heavy atom. The first kappa shape index (κ1) is 19.0. The molecular weight excluding hydrogens is 404 g/mol. The molecule has 2 heterocycles. The van der Waals surface area contributed by atoms with E-state index in [2.05, 4.69) is 11.1 Å². The van der Waals surface area contributed by atoms with E-state index < -0.39 is 5.63 Å². The highest BCUT2D eigenvalue weighted by Gasteiger charge is 2.15. The van der Waals surface area contributed by atoms with Gasteiger partial charge in [0.2, 0.25) is 0 Å². The van der Waals surface area contributed by atoms with Gasteiger partial charge in [-0.05, 0) is 41.5 Å². The van der Waals surface area contributed by atoms with Crippen molar-refractivity contribution in [3.05, 3.63) is 98.7 Å². The first-order chi connectivity index (χ1) is 15.1. The molecule has 148 valence electrons. The van der Waals surface area contributed by atoms with Crippen LogP contribution in [0.25, 0.3) is 44.6 Å². The highest BCUT2D eigenvalue weighted by atomic mass is 32.1. The van der Waals surface area contributed by atoms with Crippen molar-refractivity contribution in [2.75, 3.05) is 0 Å². The fraction of sp³-hybridized carbons (Fsp3) is 0.0385. The van der Waals surface area contributed by atoms with E-state index in [9.17, 15) is 10.1 Å². The monoisotopic (exact) mass is 420 g/mol. The molecule has 5 aromatic rings. The van der Waals surface area contributed by atoms with E-state index in [1.54, 1.807) is 11.5 Å². The Bertz CT molecular complexity index is 1570. The molecule has 0 atom stereocenters. The van der Waals surface area contributed by atoms with Crippen LogP contribution < -0.4 is 5.63 Å². The number of hydrogen-bond acceptors (Lipinski definition) is 5. The van der Waals surface area contributed by atoms with Crippen LogP contribution in [0.3, 0.4) is 0 Å². The molecule has 3 aromatic carbocycles. The van der Waals surface area contributed by atoms with Crippen LogP contribution in [0, 0.1) is 18.3 Å². The van der Waals surface area contributed by atoms with Gasteiger partial charge < -0.3 is 4.42 Å². The minimum absolute atomic E-state index is 0.388. The zero-order valence-corrected chi connectivity index (χ0v) is 17.4. The molecule has 0 aliphatic rings. The van der Waals surface area contributed by atoms with Crippen molar-refractivity contribution in [1.82, 2.24) is 4.98 Å². The molecule has 0 bridgehead atoms. The van der Waals surface area contributed by atoms with Crippen LogP contribution in [-0.4, -0.2) is 4.98 Å². The third kappa shape index (κ3) is 3.54. The van der Waals surface area contributed by atoms with Crippen molar-refractivity contribution in [1.29, 1.82) is 5.26 Å². The van der Waals surface area contributed by atoms with Crippen molar-refractivity contribution in [3.63, 3.8) is 0 Å². The predicted octanol–water partition coefficient (Wildman–Crippen LogP) is 6.44. The number of aryl methyl sites for hydroxylation is 1. The summed E-state index contributed by atoms with van der Waals surface area (Å²) in [6.45, 7) is 2.02. The molecular formula is C26H16N2O2S. The van der Waals surface area contributed by atoms with Gasteiger partial charge in [0.25, 0.3) is 0 Å². The molecule has 31 heavy (non-hydrogen) atoms. The molecule has 0 saturated heterocycles. The van der Waals surface area contributed by atoms with E-state index in [1.165, 1.54) is 11.3 Å². The van der Waals surface area contributed by atoms with Gasteiger partial charge in [-0.15, -0.1) is 11.3 Å². The minimum Gasteiger partial charge on any atom is -0.422 e. The number of allylic oxidation sites excluding steroid dienone is 1. The first-order valence-electron chi connectivity index (χ1n) is 9.73. The topological polar surface area (TPSA) is 66.9 Å². The van der Waals surface area contributed by atoms with Crippen LogP contribution >= 0.6 is 11.3 Å². The van der Waals surface area contributed by atoms with Gasteiger partial charge in [-0.3, -0.25) is 0 Å². The van der Waals surface area contributed by atoms with E-state index in [4.69, 9.17) is 4.42 Å². The second-order valence-corrected chi connectivity index (χ2v) is 8.12. The van der Waals surface area contributed by atoms with Gasteiger partial charge in [-0.2, -0.15) is 5.26 Å². The van der Waals surface area contributed by atoms with E-state index in [-0.39, 0.29) is 0 Å². The number of benzene rings is 3. The number of thiazole rings is 1. The number of hydrogen-bond donors (Lipinski definition) is 0. The van der Waals surface area contributed by atoms with Crippen molar-refractivity contribution in [2.24, 2.45) is 0 Å². The Kier molecular flexibility index (Phi) is 4.70. The Morgan fingerprint density at radius 3 is 2.68 bits per heavy atom. The molecule has 2 aromatic heterocycles. The lowest BCUT2D eigenvalue weighted by atomic mass is 10.0. The lowest BCUT2D eigenvalue weighted by Gasteiger charge is -2.04. The van der Waals surface area contributed by atoms with Gasteiger partial charge in [0.1, 0.15) is 16.7 Å². The molecule has 0 radical (unpaired) electrons. The van der Waals surface area contributed by atoms with Crippen molar-refractivity contribution < 1.29 is 4.42 Å². The van der Waals surface area contributed by atoms with Crippen LogP contribution in [0.1, 0.15) is 16.1 Å². The van der Waals surface area contributed by atoms with Crippen LogP contribution in [0.5, 0.6) is 0 Å². The maximum absolute atomic E-state index is 12.7. The van der Waals surface area contributed by atoms with Crippen molar-refractivity contribution >= 4 is 44.7 Å². The lowest BCUT2D eigenvalue weighted by molar-refractivity contribution is 0.563. The molecule has 0 amide bonds. The van der Waals surface area contributed by atoms with Crippen molar-refractivity contribution in [2.45, 2.75) is 6.92 Å². The molecule has 0 spiro atoms. The molecule has 0 N–H and O–H groups in total. The molecule has 5 heteroatoms. The zero-order valence-electron chi connectivity index (χ0n) is 16.6. The molecule has 0 fully saturated rings. The highest BCUT2D eigenvalue weighted by Crippen LogP contribution is 2.30. The second-order valence-electron chi connectivity index (χ2n) is 7.26. The van der Waals surface area contributed by atoms with E-state index in [0.29, 0.717) is 27.4 Å². The fourth-order valence-corrected chi connectivity index (χ4v) is 4.33. The van der Waals surface area contributed by atoms with Crippen LogP contribution in [0.15, 0.2) is 81.3 Å². The third-order valence-corrected chi connectivity index (χ3v) is 6.04. The fourth-order valence-electron chi connectivity index (χ4n) is 3.54. The largest absolute Gasteiger partial charge is 0.422 e. The van der Waals surface area contributed by atoms with Crippen LogP contribution in [0.2, 0.25) is 0 Å². The van der Waals surface area contributed by atoms with Crippen LogP contribution in [0.4, 0.5) is 0 Å². The average Bonchev–Trinajstić information content (AvgIpc) is 3.28. The average molecular weight is 420 g/mol. The first-order valence-corrected chi connectivity index (χ1v) is 10.6. The maximum atomic E-state index is 12.7. The molecule has 5 rings (SSSR count). The number of nitriles is 1. The minimum atomic E-state index is -0.444. The summed E-state index contributed by atoms with van der Waals surface area (Å²) in [4.78, 5) is 17.2. The summed E-state index contributed by atoms with van der Waals surface area (Å²) in [5.74, 6) is 0. The SMILES string of the molecule is Cc1ccc(/C=C(\C#N)c2nc(-c3cc4c(ccc5ccccc54)oc3=O)cs2)cc1. The van der Waals surface area contributed by atoms with Gasteiger partial charge in [0, 0.05) is 10.8 Å². The molecule has 4 nitrogen and oxygen atoms in total. The summed E-state index contributed by atoms with van der Waals surface area (Å²) in [5.41, 5.74) is 3.53. The number of nitrogens with zero attached hydrogens (tertiary/aromatic N) is 2. The van der Waals surface area contributed by atoms with Crippen LogP contribution in [-0.2, 0) is 0 Å². The lowest BCUT2D eigenvalue weighted by Crippen LogP contribution is -2.03. The molecule has 0 aliphatic carbocycles. The third-order valence-electron chi connectivity index (χ3n) is 5.16. The number of fused-ring (bicyclic) bond motifs is 3. The van der Waals surface area contributed by atoms with Gasteiger partial charge >= 0.3 is 5.63 Å². The second kappa shape index (κ2) is 7.67. The quantitative estimate of drug-likeness (QED) is 0.191. The molecule has 0 unspecified atom stereocenters. The Labute approximate surface area is 182 Å². The maximum Gasteiger partial charge on any atom is 0.345 e. The predicted molar refractivity (Wildman–Crippen MR) is 126 cm³/mol. The van der Waals surface area contributed by atoms with E-state index in [0.717, 1.165) is 27.3 Å². The van der Waals surface area contributed by atoms with Gasteiger partial charge in [-0.25, -0.2) is 9.78 Å². The number of aromatic nitrogens is 1. The number of rotatable bonds is 3. The van der Waals surface area contributed by atoms with Gasteiger partial charge in [0.05, 0.1) is 16.8 Å². The Morgan fingerprint density at radius 2 is 1.87 bits per heavy atom. The Hall–Kier alpha value is -4.01. The smallest absolute Gasteiger partial charge is 0.345 e. The Balaban J connectivity index is 1.61. The molecule has 0 aliphatic heterocycles. The van der Waals surface area contributed by atoms with Crippen molar-refractivity contribution in [3.8, 4) is 17.3 Å². The molecule has 0 saturated carbocycles. The summed E-state index contributed by atoms with van der Waals surface area (Å²) < 4.78 is 5.59. The standard InChI is InChI=1S/C26H16N2O2S/c1-16-6-8-17(9-7-16)12-19(14-27)25-28-23(15-31-25)22-13-21-20-5-3-2-4-18(20)10-11-24(21)30-26(22)29/h2-13,15H,1H3/b19-12+. The van der Waals surface area contributed by atoms with Gasteiger partial charge in [-0.1, -0.05) is 60.2 Å². The normalized spacial score (nSPS) is 11.7. The van der Waals surface area contributed by atoms with E-state index >= 15 is 0 Å². The van der Waals surface area contributed by atoms with E-state index in [1.807, 2.05) is 73.7 Å². The summed E-state index contributed by atoms with van der Waals surface area (Å²) in [6, 6.07) is 23.7. The summed E-state index contributed by atoms with van der Waals surface area (Å²) in [5, 5.41) is 15.0. The summed E-state index contributed by atoms with van der Waals surface area (Å²) in [7, 11) is 0. The summed E-state index contributed by atoms with van der Waals surface area (Å²) >= 11 is 1.33. The van der Waals surface area contributed by atoms with Gasteiger partial charge in [0.15, 0.2) is 0 Å². The summed E-state index contributed by atoms with van der Waals surface area (Å²) in [6.07, 6.45) is 1.80.